The molecule has 2 aliphatic heterocycles. The molecule has 1 amide bonds. The zero-order chi connectivity index (χ0) is 17.9. The van der Waals surface area contributed by atoms with Gasteiger partial charge in [0.05, 0.1) is 0 Å². The number of benzene rings is 1. The molecule has 3 heterocycles. The van der Waals surface area contributed by atoms with Gasteiger partial charge in [0, 0.05) is 32.2 Å². The second kappa shape index (κ2) is 7.04. The second-order valence-electron chi connectivity index (χ2n) is 6.83. The minimum Gasteiger partial charge on any atom is -0.352 e. The van der Waals surface area contributed by atoms with Crippen LogP contribution < -0.4 is 10.2 Å². The largest absolute Gasteiger partial charge is 0.352 e. The molecule has 1 aromatic carbocycles. The monoisotopic (exact) mass is 347 g/mol. The minimum atomic E-state index is -0.172. The Balaban J connectivity index is 1.45. The Labute approximate surface area is 153 Å². The van der Waals surface area contributed by atoms with E-state index >= 15 is 0 Å². The Morgan fingerprint density at radius 1 is 1.15 bits per heavy atom. The molecule has 1 atom stereocenters. The molecule has 132 valence electrons. The number of nitrogens with zero attached hydrogens (tertiary/aromatic N) is 4. The van der Waals surface area contributed by atoms with Crippen molar-refractivity contribution in [2.24, 2.45) is 0 Å². The van der Waals surface area contributed by atoms with Gasteiger partial charge in [-0.2, -0.15) is 5.26 Å². The van der Waals surface area contributed by atoms with Crippen LogP contribution in [0.25, 0.3) is 0 Å². The van der Waals surface area contributed by atoms with Gasteiger partial charge in [0.15, 0.2) is 6.19 Å². The molecule has 2 aromatic rings. The third kappa shape index (κ3) is 3.33. The van der Waals surface area contributed by atoms with Crippen molar-refractivity contribution in [2.75, 3.05) is 24.5 Å². The minimum absolute atomic E-state index is 0.00877. The molecule has 1 N–H and O–H groups in total. The van der Waals surface area contributed by atoms with Crippen LogP contribution in [0.1, 0.15) is 28.0 Å². The van der Waals surface area contributed by atoms with Crippen LogP contribution in [0.3, 0.4) is 0 Å². The third-order valence-electron chi connectivity index (χ3n) is 5.09. The number of fused-ring (bicyclic) bond motifs is 1. The number of carbonyl (C=O) groups is 1. The van der Waals surface area contributed by atoms with Gasteiger partial charge in [-0.3, -0.25) is 4.79 Å². The predicted octanol–water partition coefficient (Wildman–Crippen LogP) is 1.93. The van der Waals surface area contributed by atoms with E-state index in [9.17, 15) is 4.79 Å². The Morgan fingerprint density at radius 2 is 2.00 bits per heavy atom. The predicted molar refractivity (Wildman–Crippen MR) is 98.5 cm³/mol. The fourth-order valence-electron chi connectivity index (χ4n) is 3.65. The highest BCUT2D eigenvalue weighted by molar-refractivity contribution is 5.92. The van der Waals surface area contributed by atoms with Gasteiger partial charge in [-0.15, -0.1) is 0 Å². The van der Waals surface area contributed by atoms with Crippen molar-refractivity contribution >= 4 is 11.7 Å². The molecule has 1 aromatic heterocycles. The molecule has 0 radical (unpaired) electrons. The molecular formula is C20H21N5O. The molecule has 4 rings (SSSR count). The molecule has 26 heavy (non-hydrogen) atoms. The maximum absolute atomic E-state index is 12.5. The maximum atomic E-state index is 12.5. The molecule has 0 saturated carbocycles. The summed E-state index contributed by atoms with van der Waals surface area (Å²) in [5.41, 5.74) is 3.13. The van der Waals surface area contributed by atoms with Gasteiger partial charge in [-0.05, 0) is 36.1 Å². The summed E-state index contributed by atoms with van der Waals surface area (Å²) in [5.74, 6) is 0.659. The maximum Gasteiger partial charge on any atom is 0.270 e. The lowest BCUT2D eigenvalue weighted by Crippen LogP contribution is -2.37. The first kappa shape index (κ1) is 16.4. The molecule has 2 aliphatic rings. The summed E-state index contributed by atoms with van der Waals surface area (Å²) in [6.07, 6.45) is 3.91. The van der Waals surface area contributed by atoms with E-state index in [1.165, 1.54) is 11.1 Å². The van der Waals surface area contributed by atoms with Crippen molar-refractivity contribution in [3.63, 3.8) is 0 Å². The first-order valence-corrected chi connectivity index (χ1v) is 8.97. The highest BCUT2D eigenvalue weighted by atomic mass is 16.2. The average Bonchev–Trinajstić information content (AvgIpc) is 3.15. The van der Waals surface area contributed by atoms with Crippen molar-refractivity contribution in [3.8, 4) is 6.19 Å². The summed E-state index contributed by atoms with van der Waals surface area (Å²) in [6.45, 7) is 2.98. The normalized spacial score (nSPS) is 19.0. The number of amides is 1. The van der Waals surface area contributed by atoms with Gasteiger partial charge in [-0.1, -0.05) is 30.3 Å². The molecule has 1 fully saturated rings. The summed E-state index contributed by atoms with van der Waals surface area (Å²) >= 11 is 0. The van der Waals surface area contributed by atoms with Crippen molar-refractivity contribution in [1.82, 2.24) is 15.2 Å². The standard InChI is InChI=1S/C20H21N5O/c21-14-24-10-9-17(13-24)22-20(26)18-6-3-7-19(23-18)25-11-8-15-4-1-2-5-16(15)12-25/h1-7,17H,8-13H2,(H,22,26). The Morgan fingerprint density at radius 3 is 2.81 bits per heavy atom. The quantitative estimate of drug-likeness (QED) is 0.859. The van der Waals surface area contributed by atoms with Gasteiger partial charge in [-0.25, -0.2) is 4.98 Å². The zero-order valence-electron chi connectivity index (χ0n) is 14.6. The van der Waals surface area contributed by atoms with E-state index < -0.39 is 0 Å². The van der Waals surface area contributed by atoms with Crippen LogP contribution in [0, 0.1) is 11.5 Å². The highest BCUT2D eigenvalue weighted by Crippen LogP contribution is 2.23. The summed E-state index contributed by atoms with van der Waals surface area (Å²) in [5, 5.41) is 11.9. The van der Waals surface area contributed by atoms with Crippen molar-refractivity contribution in [3.05, 3.63) is 59.3 Å². The number of anilines is 1. The molecule has 0 aliphatic carbocycles. The van der Waals surface area contributed by atoms with Crippen molar-refractivity contribution < 1.29 is 4.79 Å². The van der Waals surface area contributed by atoms with Crippen LogP contribution in [-0.4, -0.2) is 41.5 Å². The number of hydrogen-bond donors (Lipinski definition) is 1. The Kier molecular flexibility index (Phi) is 4.44. The lowest BCUT2D eigenvalue weighted by molar-refractivity contribution is 0.0934. The second-order valence-corrected chi connectivity index (χ2v) is 6.83. The average molecular weight is 347 g/mol. The topological polar surface area (TPSA) is 72.3 Å². The van der Waals surface area contributed by atoms with Gasteiger partial charge < -0.3 is 15.1 Å². The van der Waals surface area contributed by atoms with Gasteiger partial charge in [0.25, 0.3) is 5.91 Å². The lowest BCUT2D eigenvalue weighted by atomic mass is 10.00. The number of pyridine rings is 1. The van der Waals surface area contributed by atoms with E-state index in [1.807, 2.05) is 12.1 Å². The SMILES string of the molecule is N#CN1CCC(NC(=O)c2cccc(N3CCc4ccccc4C3)n2)C1. The van der Waals surface area contributed by atoms with Crippen molar-refractivity contribution in [1.29, 1.82) is 5.26 Å². The molecule has 6 nitrogen and oxygen atoms in total. The van der Waals surface area contributed by atoms with Gasteiger partial charge in [0.2, 0.25) is 0 Å². The fraction of sp³-hybridized carbons (Fsp3) is 0.350. The van der Waals surface area contributed by atoms with Crippen LogP contribution in [0.4, 0.5) is 5.82 Å². The summed E-state index contributed by atoms with van der Waals surface area (Å²) in [7, 11) is 0. The fourth-order valence-corrected chi connectivity index (χ4v) is 3.65. The van der Waals surface area contributed by atoms with Crippen LogP contribution in [0.15, 0.2) is 42.5 Å². The Bertz CT molecular complexity index is 859. The van der Waals surface area contributed by atoms with E-state index in [-0.39, 0.29) is 11.9 Å². The molecule has 1 unspecified atom stereocenters. The number of nitrogens with one attached hydrogen (secondary N) is 1. The number of carbonyl (C=O) groups excluding carboxylic acids is 1. The van der Waals surface area contributed by atoms with Crippen LogP contribution in [0.2, 0.25) is 0 Å². The van der Waals surface area contributed by atoms with Gasteiger partial charge >= 0.3 is 0 Å². The van der Waals surface area contributed by atoms with E-state index in [0.29, 0.717) is 18.8 Å². The van der Waals surface area contributed by atoms with Crippen molar-refractivity contribution in [2.45, 2.75) is 25.4 Å². The van der Waals surface area contributed by atoms with E-state index in [4.69, 9.17) is 5.26 Å². The highest BCUT2D eigenvalue weighted by Gasteiger charge is 2.24. The molecule has 1 saturated heterocycles. The van der Waals surface area contributed by atoms with Gasteiger partial charge in [0.1, 0.15) is 11.5 Å². The molecule has 0 spiro atoms. The first-order valence-electron chi connectivity index (χ1n) is 8.97. The molecule has 0 bridgehead atoms. The Hall–Kier alpha value is -3.07. The van der Waals surface area contributed by atoms with Crippen LogP contribution >= 0.6 is 0 Å². The van der Waals surface area contributed by atoms with E-state index in [0.717, 1.165) is 31.7 Å². The smallest absolute Gasteiger partial charge is 0.270 e. The van der Waals surface area contributed by atoms with E-state index in [2.05, 4.69) is 45.7 Å². The van der Waals surface area contributed by atoms with E-state index in [1.54, 1.807) is 11.0 Å². The lowest BCUT2D eigenvalue weighted by Gasteiger charge is -2.30. The number of aromatic nitrogens is 1. The summed E-state index contributed by atoms with van der Waals surface area (Å²) in [4.78, 5) is 21.0. The zero-order valence-corrected chi connectivity index (χ0v) is 14.6. The number of likely N-dealkylation sites (tertiary alicyclic amines) is 1. The number of nitriles is 1. The number of hydrogen-bond acceptors (Lipinski definition) is 5. The summed E-state index contributed by atoms with van der Waals surface area (Å²) < 4.78 is 0. The van der Waals surface area contributed by atoms with Crippen LogP contribution in [-0.2, 0) is 13.0 Å². The third-order valence-corrected chi connectivity index (χ3v) is 5.09. The number of rotatable bonds is 3. The molecule has 6 heteroatoms. The van der Waals surface area contributed by atoms with Crippen LogP contribution in [0.5, 0.6) is 0 Å². The first-order chi connectivity index (χ1) is 12.7. The molecular weight excluding hydrogens is 326 g/mol. The summed E-state index contributed by atoms with van der Waals surface area (Å²) in [6, 6.07) is 14.1.